The van der Waals surface area contributed by atoms with Crippen molar-refractivity contribution in [2.45, 2.75) is 9.79 Å². The highest BCUT2D eigenvalue weighted by molar-refractivity contribution is 7.99. The van der Waals surface area contributed by atoms with Crippen molar-refractivity contribution in [3.63, 3.8) is 0 Å². The second-order valence-electron chi connectivity index (χ2n) is 4.57. The van der Waals surface area contributed by atoms with Crippen molar-refractivity contribution in [3.05, 3.63) is 68.7 Å². The number of nitriles is 1. The van der Waals surface area contributed by atoms with Crippen molar-refractivity contribution >= 4 is 52.3 Å². The maximum Gasteiger partial charge on any atom is 0.283 e. The first-order valence-corrected chi connectivity index (χ1v) is 8.14. The molecule has 0 aromatic heterocycles. The number of hydrogen-bond donors (Lipinski definition) is 1. The van der Waals surface area contributed by atoms with Crippen LogP contribution in [0, 0.1) is 21.4 Å². The highest BCUT2D eigenvalue weighted by atomic mass is 35.5. The summed E-state index contributed by atoms with van der Waals surface area (Å²) in [5, 5.41) is 20.9. The number of benzene rings is 2. The zero-order chi connectivity index (χ0) is 17.7. The number of nitro groups is 1. The van der Waals surface area contributed by atoms with Gasteiger partial charge in [0.25, 0.3) is 5.69 Å². The van der Waals surface area contributed by atoms with Gasteiger partial charge >= 0.3 is 0 Å². The van der Waals surface area contributed by atoms with E-state index in [0.717, 1.165) is 4.90 Å². The highest BCUT2D eigenvalue weighted by Crippen LogP contribution is 2.36. The molecule has 0 aliphatic heterocycles. The third kappa shape index (κ3) is 4.55. The molecule has 0 unspecified atom stereocenters. The number of nitrogens with zero attached hydrogens (tertiary/aromatic N) is 2. The van der Waals surface area contributed by atoms with Gasteiger partial charge in [-0.3, -0.25) is 10.1 Å². The summed E-state index contributed by atoms with van der Waals surface area (Å²) in [6, 6.07) is 13.5. The van der Waals surface area contributed by atoms with Crippen LogP contribution in [0.4, 0.5) is 5.69 Å². The first-order chi connectivity index (χ1) is 11.4. The van der Waals surface area contributed by atoms with Gasteiger partial charge in [-0.1, -0.05) is 41.6 Å². The van der Waals surface area contributed by atoms with Crippen LogP contribution in [0.3, 0.4) is 0 Å². The Hall–Kier alpha value is -2.40. The summed E-state index contributed by atoms with van der Waals surface area (Å²) >= 11 is 11.8. The molecule has 5 nitrogen and oxygen atoms in total. The summed E-state index contributed by atoms with van der Waals surface area (Å²) in [5.41, 5.74) is 5.94. The van der Waals surface area contributed by atoms with Crippen molar-refractivity contribution in [2.75, 3.05) is 0 Å². The molecular formula is C16H10ClN3O2S2. The van der Waals surface area contributed by atoms with Gasteiger partial charge in [-0.05, 0) is 42.0 Å². The van der Waals surface area contributed by atoms with Gasteiger partial charge in [-0.15, -0.1) is 0 Å². The standard InChI is InChI=1S/C16H10ClN3O2S2/c17-12-2-4-13(5-3-12)24-15-6-1-10(8-14(15)20(21)22)7-11(9-18)16(19)23/h1-8H,(H2,19,23)/b11-7-. The molecule has 120 valence electrons. The number of thiocarbonyl (C=S) groups is 1. The molecule has 0 saturated carbocycles. The van der Waals surface area contributed by atoms with E-state index in [2.05, 4.69) is 0 Å². The molecule has 24 heavy (non-hydrogen) atoms. The maximum atomic E-state index is 11.3. The van der Waals surface area contributed by atoms with Crippen molar-refractivity contribution in [3.8, 4) is 6.07 Å². The number of nitrogens with two attached hydrogens (primary N) is 1. The van der Waals surface area contributed by atoms with E-state index in [1.54, 1.807) is 36.4 Å². The van der Waals surface area contributed by atoms with Gasteiger partial charge in [0.05, 0.1) is 15.4 Å². The van der Waals surface area contributed by atoms with Crippen LogP contribution >= 0.6 is 35.6 Å². The van der Waals surface area contributed by atoms with Crippen LogP contribution in [0.5, 0.6) is 0 Å². The Bertz CT molecular complexity index is 874. The molecule has 8 heteroatoms. The monoisotopic (exact) mass is 375 g/mol. The summed E-state index contributed by atoms with van der Waals surface area (Å²) in [5.74, 6) is 0. The normalized spacial score (nSPS) is 10.9. The first-order valence-electron chi connectivity index (χ1n) is 6.54. The predicted molar refractivity (Wildman–Crippen MR) is 99.0 cm³/mol. The average molecular weight is 376 g/mol. The van der Waals surface area contributed by atoms with Crippen LogP contribution in [0.15, 0.2) is 57.8 Å². The van der Waals surface area contributed by atoms with Crippen LogP contribution in [0.25, 0.3) is 6.08 Å². The average Bonchev–Trinajstić information content (AvgIpc) is 2.55. The van der Waals surface area contributed by atoms with E-state index in [1.165, 1.54) is 23.9 Å². The summed E-state index contributed by atoms with van der Waals surface area (Å²) in [6.45, 7) is 0. The molecule has 0 bridgehead atoms. The fourth-order valence-corrected chi connectivity index (χ4v) is 2.94. The van der Waals surface area contributed by atoms with Gasteiger partial charge < -0.3 is 5.73 Å². The van der Waals surface area contributed by atoms with Gasteiger partial charge in [0.2, 0.25) is 0 Å². The predicted octanol–water partition coefficient (Wildman–Crippen LogP) is 4.59. The molecular weight excluding hydrogens is 366 g/mol. The fourth-order valence-electron chi connectivity index (χ4n) is 1.81. The van der Waals surface area contributed by atoms with Crippen LogP contribution < -0.4 is 5.73 Å². The Labute approximate surface area is 152 Å². The lowest BCUT2D eigenvalue weighted by molar-refractivity contribution is -0.387. The molecule has 0 radical (unpaired) electrons. The molecule has 0 aliphatic carbocycles. The first kappa shape index (κ1) is 17.9. The van der Waals surface area contributed by atoms with Crippen LogP contribution in [0.1, 0.15) is 5.56 Å². The summed E-state index contributed by atoms with van der Waals surface area (Å²) in [4.78, 5) is 12.1. The number of nitro benzene ring substituents is 1. The van der Waals surface area contributed by atoms with Gasteiger partial charge in [-0.2, -0.15) is 5.26 Å². The molecule has 2 rings (SSSR count). The zero-order valence-electron chi connectivity index (χ0n) is 12.1. The minimum Gasteiger partial charge on any atom is -0.389 e. The van der Waals surface area contributed by atoms with E-state index in [1.807, 2.05) is 6.07 Å². The Morgan fingerprint density at radius 1 is 1.33 bits per heavy atom. The Balaban J connectivity index is 2.40. The maximum absolute atomic E-state index is 11.3. The van der Waals surface area contributed by atoms with Crippen molar-refractivity contribution in [1.82, 2.24) is 0 Å². The molecule has 0 spiro atoms. The van der Waals surface area contributed by atoms with Crippen LogP contribution in [0.2, 0.25) is 5.02 Å². The molecule has 2 aromatic carbocycles. The van der Waals surface area contributed by atoms with Crippen LogP contribution in [-0.4, -0.2) is 9.91 Å². The third-order valence-corrected chi connectivity index (χ3v) is 4.46. The van der Waals surface area contributed by atoms with Gasteiger partial charge in [-0.25, -0.2) is 0 Å². The SMILES string of the molecule is N#C/C(=C/c1ccc(Sc2ccc(Cl)cc2)c([N+](=O)[O-])c1)C(N)=S. The van der Waals surface area contributed by atoms with Crippen molar-refractivity contribution < 1.29 is 4.92 Å². The van der Waals surface area contributed by atoms with E-state index in [9.17, 15) is 10.1 Å². The quantitative estimate of drug-likeness (QED) is 0.270. The summed E-state index contributed by atoms with van der Waals surface area (Å²) < 4.78 is 0. The Morgan fingerprint density at radius 3 is 2.54 bits per heavy atom. The smallest absolute Gasteiger partial charge is 0.283 e. The summed E-state index contributed by atoms with van der Waals surface area (Å²) in [6.07, 6.45) is 1.42. The summed E-state index contributed by atoms with van der Waals surface area (Å²) in [7, 11) is 0. The molecule has 0 heterocycles. The highest BCUT2D eigenvalue weighted by Gasteiger charge is 2.16. The third-order valence-electron chi connectivity index (χ3n) is 2.92. The zero-order valence-corrected chi connectivity index (χ0v) is 14.5. The lowest BCUT2D eigenvalue weighted by Crippen LogP contribution is -2.09. The molecule has 0 atom stereocenters. The molecule has 2 N–H and O–H groups in total. The number of rotatable bonds is 5. The Kier molecular flexibility index (Phi) is 5.93. The lowest BCUT2D eigenvalue weighted by atomic mass is 10.1. The lowest BCUT2D eigenvalue weighted by Gasteiger charge is -2.05. The second-order valence-corrected chi connectivity index (χ2v) is 6.57. The topological polar surface area (TPSA) is 92.9 Å². The molecule has 0 amide bonds. The molecule has 0 saturated heterocycles. The molecule has 0 aliphatic rings. The largest absolute Gasteiger partial charge is 0.389 e. The fraction of sp³-hybridized carbons (Fsp3) is 0. The number of halogens is 1. The number of hydrogen-bond acceptors (Lipinski definition) is 5. The van der Waals surface area contributed by atoms with E-state index in [-0.39, 0.29) is 16.2 Å². The van der Waals surface area contributed by atoms with E-state index in [0.29, 0.717) is 15.5 Å². The minimum absolute atomic E-state index is 0.0558. The Morgan fingerprint density at radius 2 is 2.00 bits per heavy atom. The molecule has 2 aromatic rings. The van der Waals surface area contributed by atoms with E-state index >= 15 is 0 Å². The van der Waals surface area contributed by atoms with Crippen molar-refractivity contribution in [1.29, 1.82) is 5.26 Å². The van der Waals surface area contributed by atoms with Crippen molar-refractivity contribution in [2.24, 2.45) is 5.73 Å². The second kappa shape index (κ2) is 7.93. The van der Waals surface area contributed by atoms with E-state index < -0.39 is 4.92 Å². The van der Waals surface area contributed by atoms with E-state index in [4.69, 9.17) is 34.8 Å². The van der Waals surface area contributed by atoms with Gasteiger partial charge in [0.15, 0.2) is 0 Å². The van der Waals surface area contributed by atoms with Crippen LogP contribution in [-0.2, 0) is 0 Å². The van der Waals surface area contributed by atoms with Gasteiger partial charge in [0, 0.05) is 16.0 Å². The molecule has 0 fully saturated rings. The van der Waals surface area contributed by atoms with Gasteiger partial charge in [0.1, 0.15) is 11.1 Å². The minimum atomic E-state index is -0.470.